The molecule has 2 saturated carbocycles. The summed E-state index contributed by atoms with van der Waals surface area (Å²) < 4.78 is 19.6. The SMILES string of the molecule is COC[C@@H](C)NC1CCC(Nc2cc(-c3ccc(F)c(NCC4(C)CC4)c3)c(Cl)cn2)CC1. The molecular formula is C26H36ClFN4O. The van der Waals surface area contributed by atoms with Crippen LogP contribution in [0.1, 0.15) is 52.4 Å². The Labute approximate surface area is 201 Å². The molecule has 0 saturated heterocycles. The lowest BCUT2D eigenvalue weighted by Gasteiger charge is -2.32. The number of nitrogens with zero attached hydrogens (tertiary/aromatic N) is 1. The fourth-order valence-corrected chi connectivity index (χ4v) is 4.79. The van der Waals surface area contributed by atoms with Gasteiger partial charge in [0.15, 0.2) is 0 Å². The van der Waals surface area contributed by atoms with Gasteiger partial charge in [0.05, 0.1) is 17.3 Å². The van der Waals surface area contributed by atoms with E-state index in [-0.39, 0.29) is 5.82 Å². The van der Waals surface area contributed by atoms with Gasteiger partial charge < -0.3 is 20.7 Å². The first-order valence-electron chi connectivity index (χ1n) is 12.1. The zero-order valence-electron chi connectivity index (χ0n) is 19.9. The molecule has 7 heteroatoms. The standard InChI is InChI=1S/C26H36ClFN4O/c1-17(15-33-3)31-19-5-7-20(8-6-19)32-25-13-21(22(27)14-29-25)18-4-9-23(28)24(12-18)30-16-26(2)10-11-26/h4,9,12-14,17,19-20,30-31H,5-8,10-11,15-16H2,1-3H3,(H,29,32)/t17-,19?,20?/m1/s1. The van der Waals surface area contributed by atoms with Crippen LogP contribution in [0.4, 0.5) is 15.9 Å². The molecule has 33 heavy (non-hydrogen) atoms. The number of aromatic nitrogens is 1. The van der Waals surface area contributed by atoms with Crippen molar-refractivity contribution in [3.05, 3.63) is 41.3 Å². The predicted octanol–water partition coefficient (Wildman–Crippen LogP) is 6.10. The Morgan fingerprint density at radius 1 is 1.18 bits per heavy atom. The van der Waals surface area contributed by atoms with Crippen LogP contribution >= 0.6 is 11.6 Å². The summed E-state index contributed by atoms with van der Waals surface area (Å²) in [5.41, 5.74) is 2.56. The monoisotopic (exact) mass is 474 g/mol. The average Bonchev–Trinajstić information content (AvgIpc) is 3.53. The first-order chi connectivity index (χ1) is 15.8. The highest BCUT2D eigenvalue weighted by atomic mass is 35.5. The summed E-state index contributed by atoms with van der Waals surface area (Å²) in [5.74, 6) is 0.569. The number of anilines is 2. The molecule has 0 amide bonds. The minimum atomic E-state index is -0.239. The van der Waals surface area contributed by atoms with Crippen molar-refractivity contribution in [1.82, 2.24) is 10.3 Å². The predicted molar refractivity (Wildman–Crippen MR) is 135 cm³/mol. The highest BCUT2D eigenvalue weighted by Gasteiger charge is 2.36. The zero-order chi connectivity index (χ0) is 23.4. The molecule has 0 unspecified atom stereocenters. The van der Waals surface area contributed by atoms with E-state index in [4.69, 9.17) is 16.3 Å². The van der Waals surface area contributed by atoms with Crippen LogP contribution in [0.2, 0.25) is 5.02 Å². The second-order valence-electron chi connectivity index (χ2n) is 10.1. The molecule has 0 bridgehead atoms. The molecule has 0 spiro atoms. The number of nitrogens with one attached hydrogen (secondary N) is 3. The first-order valence-corrected chi connectivity index (χ1v) is 12.4. The van der Waals surface area contributed by atoms with Crippen LogP contribution in [0.3, 0.4) is 0 Å². The van der Waals surface area contributed by atoms with Gasteiger partial charge in [-0.3, -0.25) is 0 Å². The summed E-state index contributed by atoms with van der Waals surface area (Å²) >= 11 is 6.50. The molecule has 4 rings (SSSR count). The molecule has 5 nitrogen and oxygen atoms in total. The third-order valence-electron chi connectivity index (χ3n) is 6.96. The summed E-state index contributed by atoms with van der Waals surface area (Å²) in [4.78, 5) is 4.50. The van der Waals surface area contributed by atoms with Crippen LogP contribution < -0.4 is 16.0 Å². The van der Waals surface area contributed by atoms with Crippen molar-refractivity contribution < 1.29 is 9.13 Å². The van der Waals surface area contributed by atoms with Gasteiger partial charge in [-0.1, -0.05) is 24.6 Å². The number of benzene rings is 1. The van der Waals surface area contributed by atoms with Gasteiger partial charge >= 0.3 is 0 Å². The van der Waals surface area contributed by atoms with Gasteiger partial charge in [0, 0.05) is 43.5 Å². The van der Waals surface area contributed by atoms with Gasteiger partial charge in [-0.15, -0.1) is 0 Å². The molecule has 2 aromatic rings. The second kappa shape index (κ2) is 10.6. The van der Waals surface area contributed by atoms with Gasteiger partial charge in [0.1, 0.15) is 11.6 Å². The van der Waals surface area contributed by atoms with E-state index in [0.29, 0.717) is 34.3 Å². The maximum absolute atomic E-state index is 14.4. The summed E-state index contributed by atoms with van der Waals surface area (Å²) in [5, 5.41) is 11.1. The van der Waals surface area contributed by atoms with Crippen LogP contribution in [0.25, 0.3) is 11.1 Å². The van der Waals surface area contributed by atoms with Crippen molar-refractivity contribution in [3.8, 4) is 11.1 Å². The van der Waals surface area contributed by atoms with E-state index in [1.165, 1.54) is 18.9 Å². The summed E-state index contributed by atoms with van der Waals surface area (Å²) in [6.07, 6.45) is 8.48. The van der Waals surface area contributed by atoms with E-state index in [9.17, 15) is 4.39 Å². The Bertz CT molecular complexity index is 944. The van der Waals surface area contributed by atoms with Crippen LogP contribution in [0, 0.1) is 11.2 Å². The summed E-state index contributed by atoms with van der Waals surface area (Å²) in [7, 11) is 1.74. The Hall–Kier alpha value is -1.89. The molecule has 2 aliphatic rings. The van der Waals surface area contributed by atoms with E-state index in [1.807, 2.05) is 12.1 Å². The van der Waals surface area contributed by atoms with Gasteiger partial charge in [-0.05, 0) is 74.6 Å². The van der Waals surface area contributed by atoms with Crippen LogP contribution in [0.15, 0.2) is 30.5 Å². The van der Waals surface area contributed by atoms with E-state index in [0.717, 1.165) is 55.8 Å². The minimum absolute atomic E-state index is 0.239. The Morgan fingerprint density at radius 3 is 2.61 bits per heavy atom. The van der Waals surface area contributed by atoms with Gasteiger partial charge in [0.2, 0.25) is 0 Å². The first kappa shape index (κ1) is 24.2. The third kappa shape index (κ3) is 6.58. The highest BCUT2D eigenvalue weighted by molar-refractivity contribution is 6.33. The topological polar surface area (TPSA) is 58.2 Å². The van der Waals surface area contributed by atoms with Crippen LogP contribution in [-0.2, 0) is 4.74 Å². The maximum atomic E-state index is 14.4. The van der Waals surface area contributed by atoms with Crippen molar-refractivity contribution in [2.45, 2.75) is 70.5 Å². The lowest BCUT2D eigenvalue weighted by atomic mass is 9.90. The molecule has 1 atom stereocenters. The fourth-order valence-electron chi connectivity index (χ4n) is 4.58. The molecule has 2 fully saturated rings. The second-order valence-corrected chi connectivity index (χ2v) is 10.5. The Morgan fingerprint density at radius 2 is 1.91 bits per heavy atom. The molecule has 0 radical (unpaired) electrons. The van der Waals surface area contributed by atoms with Crippen molar-refractivity contribution in [3.63, 3.8) is 0 Å². The number of hydrogen-bond donors (Lipinski definition) is 3. The lowest BCUT2D eigenvalue weighted by Crippen LogP contribution is -2.42. The van der Waals surface area contributed by atoms with Gasteiger partial charge in [-0.25, -0.2) is 9.37 Å². The van der Waals surface area contributed by atoms with E-state index in [2.05, 4.69) is 34.8 Å². The van der Waals surface area contributed by atoms with E-state index in [1.54, 1.807) is 19.4 Å². The summed E-state index contributed by atoms with van der Waals surface area (Å²) in [6, 6.07) is 8.40. The van der Waals surface area contributed by atoms with E-state index >= 15 is 0 Å². The van der Waals surface area contributed by atoms with Crippen molar-refractivity contribution in [2.75, 3.05) is 30.9 Å². The normalized spacial score (nSPS) is 22.6. The molecule has 1 aromatic heterocycles. The molecule has 3 N–H and O–H groups in total. The van der Waals surface area contributed by atoms with Crippen molar-refractivity contribution in [1.29, 1.82) is 0 Å². The molecular weight excluding hydrogens is 439 g/mol. The van der Waals surface area contributed by atoms with Gasteiger partial charge in [0.25, 0.3) is 0 Å². The molecule has 180 valence electrons. The Kier molecular flexibility index (Phi) is 7.77. The maximum Gasteiger partial charge on any atom is 0.146 e. The number of methoxy groups -OCH3 is 1. The van der Waals surface area contributed by atoms with Gasteiger partial charge in [-0.2, -0.15) is 0 Å². The smallest absolute Gasteiger partial charge is 0.146 e. The number of ether oxygens (including phenoxy) is 1. The average molecular weight is 475 g/mol. The van der Waals surface area contributed by atoms with Crippen LogP contribution in [0.5, 0.6) is 0 Å². The highest BCUT2D eigenvalue weighted by Crippen LogP contribution is 2.45. The number of pyridine rings is 1. The van der Waals surface area contributed by atoms with Crippen LogP contribution in [-0.4, -0.2) is 43.4 Å². The van der Waals surface area contributed by atoms with Crippen molar-refractivity contribution >= 4 is 23.1 Å². The zero-order valence-corrected chi connectivity index (χ0v) is 20.6. The number of hydrogen-bond acceptors (Lipinski definition) is 5. The molecule has 1 aromatic carbocycles. The summed E-state index contributed by atoms with van der Waals surface area (Å²) in [6.45, 7) is 5.90. The molecule has 1 heterocycles. The lowest BCUT2D eigenvalue weighted by molar-refractivity contribution is 0.161. The minimum Gasteiger partial charge on any atom is -0.383 e. The quantitative estimate of drug-likeness (QED) is 0.388. The third-order valence-corrected chi connectivity index (χ3v) is 7.26. The van der Waals surface area contributed by atoms with E-state index < -0.39 is 0 Å². The molecule has 2 aliphatic carbocycles. The van der Waals surface area contributed by atoms with Crippen molar-refractivity contribution in [2.24, 2.45) is 5.41 Å². The largest absolute Gasteiger partial charge is 0.383 e. The Balaban J connectivity index is 1.39. The number of halogens is 2. The number of rotatable bonds is 10. The molecule has 0 aliphatic heterocycles. The fraction of sp³-hybridized carbons (Fsp3) is 0.577.